The van der Waals surface area contributed by atoms with Crippen molar-refractivity contribution in [2.45, 2.75) is 94.2 Å². The van der Waals surface area contributed by atoms with E-state index in [4.69, 9.17) is 14.2 Å². The first-order valence-corrected chi connectivity index (χ1v) is 13.5. The second kappa shape index (κ2) is 7.60. The molecule has 4 bridgehead atoms. The molecule has 1 aromatic carbocycles. The van der Waals surface area contributed by atoms with E-state index in [9.17, 15) is 9.18 Å². The van der Waals surface area contributed by atoms with Gasteiger partial charge in [-0.15, -0.1) is 0 Å². The van der Waals surface area contributed by atoms with E-state index in [0.29, 0.717) is 44.7 Å². The molecule has 8 rings (SSSR count). The molecular formula is C27H33BrFN3O3. The van der Waals surface area contributed by atoms with Crippen molar-refractivity contribution in [3.05, 3.63) is 40.5 Å². The number of benzene rings is 1. The van der Waals surface area contributed by atoms with Crippen LogP contribution in [0.4, 0.5) is 10.1 Å². The zero-order valence-corrected chi connectivity index (χ0v) is 22.3. The lowest BCUT2D eigenvalue weighted by molar-refractivity contribution is -0.215. The lowest BCUT2D eigenvalue weighted by Crippen LogP contribution is -2.66. The first kappa shape index (κ1) is 23.6. The normalized spacial score (nSPS) is 35.3. The minimum Gasteiger partial charge on any atom is -0.372 e. The number of carbonyl (C=O) groups excluding carboxylic acids is 1. The van der Waals surface area contributed by atoms with Gasteiger partial charge in [0.15, 0.2) is 5.82 Å². The van der Waals surface area contributed by atoms with E-state index in [2.05, 4.69) is 41.9 Å². The summed E-state index contributed by atoms with van der Waals surface area (Å²) < 4.78 is 27.3. The van der Waals surface area contributed by atoms with Crippen molar-refractivity contribution >= 4 is 27.5 Å². The maximum atomic E-state index is 14.1. The van der Waals surface area contributed by atoms with Crippen LogP contribution < -0.4 is 4.90 Å². The van der Waals surface area contributed by atoms with E-state index in [1.165, 1.54) is 0 Å². The van der Waals surface area contributed by atoms with E-state index < -0.39 is 11.3 Å². The van der Waals surface area contributed by atoms with Crippen LogP contribution in [0.5, 0.6) is 0 Å². The van der Waals surface area contributed by atoms with Gasteiger partial charge in [0.05, 0.1) is 24.2 Å². The second-order valence-corrected chi connectivity index (χ2v) is 13.7. The lowest BCUT2D eigenvalue weighted by Gasteiger charge is -2.66. The predicted octanol–water partition coefficient (Wildman–Crippen LogP) is 6.03. The highest BCUT2D eigenvalue weighted by molar-refractivity contribution is 9.10. The van der Waals surface area contributed by atoms with E-state index in [1.54, 1.807) is 0 Å². The minimum atomic E-state index is -1.000. The van der Waals surface area contributed by atoms with Crippen LogP contribution in [-0.2, 0) is 20.4 Å². The number of rotatable bonds is 6. The van der Waals surface area contributed by atoms with E-state index in [-0.39, 0.29) is 22.2 Å². The van der Waals surface area contributed by atoms with Gasteiger partial charge in [0.25, 0.3) is 0 Å². The third-order valence-electron chi connectivity index (χ3n) is 8.79. The Labute approximate surface area is 214 Å². The highest BCUT2D eigenvalue weighted by Gasteiger charge is 2.69. The van der Waals surface area contributed by atoms with Crippen molar-refractivity contribution < 1.29 is 18.4 Å². The number of nitrogens with zero attached hydrogens (tertiary/aromatic N) is 3. The molecule has 0 radical (unpaired) electrons. The van der Waals surface area contributed by atoms with Crippen LogP contribution in [0.15, 0.2) is 33.3 Å². The topological polar surface area (TPSA) is 68.5 Å². The van der Waals surface area contributed by atoms with Gasteiger partial charge < -0.3 is 14.2 Å². The average molecular weight is 546 g/mol. The summed E-state index contributed by atoms with van der Waals surface area (Å²) >= 11 is 3.55. The maximum Gasteiger partial charge on any atom is 0.235 e. The lowest BCUT2D eigenvalue weighted by atomic mass is 9.41. The zero-order valence-electron chi connectivity index (χ0n) is 20.7. The average Bonchev–Trinajstić information content (AvgIpc) is 3.29. The highest BCUT2D eigenvalue weighted by atomic mass is 79.9. The Morgan fingerprint density at radius 3 is 2.43 bits per heavy atom. The van der Waals surface area contributed by atoms with Crippen molar-refractivity contribution in [1.82, 2.24) is 10.1 Å². The molecule has 0 atom stereocenters. The standard InChI is InChI=1S/C27H33BrFN3O3/c1-23(2,3)21-30-22(35-31-21)25-7-9-27(10-8-25,34-17-25)16-32(19-6-4-5-18(28)11-19)20(33)12-24-13-26(29,14-24)15-24/h4-6,11H,7-10,12-17H2,1-3H3. The number of fused-ring (bicyclic) bond motifs is 3. The van der Waals surface area contributed by atoms with Gasteiger partial charge >= 0.3 is 0 Å². The fraction of sp³-hybridized carbons (Fsp3) is 0.667. The first-order valence-electron chi connectivity index (χ1n) is 12.7. The SMILES string of the molecule is CC(C)(C)c1noc(C23CCC(CN(C(=O)CC45CC(F)(C4)C5)c4cccc(Br)c4)(CC2)OC3)n1. The van der Waals surface area contributed by atoms with Crippen LogP contribution >= 0.6 is 15.9 Å². The number of alkyl halides is 1. The van der Waals surface area contributed by atoms with Gasteiger partial charge in [0, 0.05) is 22.0 Å². The molecular weight excluding hydrogens is 513 g/mol. The van der Waals surface area contributed by atoms with Crippen LogP contribution in [0.25, 0.3) is 0 Å². The molecule has 2 saturated heterocycles. The molecule has 35 heavy (non-hydrogen) atoms. The number of aromatic nitrogens is 2. The van der Waals surface area contributed by atoms with Crippen LogP contribution in [0.1, 0.15) is 83.9 Å². The molecule has 0 spiro atoms. The van der Waals surface area contributed by atoms with E-state index >= 15 is 0 Å². The summed E-state index contributed by atoms with van der Waals surface area (Å²) in [6.45, 7) is 7.27. The van der Waals surface area contributed by atoms with Gasteiger partial charge in [-0.25, -0.2) is 4.39 Å². The maximum absolute atomic E-state index is 14.1. The number of carbonyl (C=O) groups is 1. The fourth-order valence-corrected chi connectivity index (χ4v) is 7.09. The Bertz CT molecular complexity index is 1130. The fourth-order valence-electron chi connectivity index (χ4n) is 6.71. The van der Waals surface area contributed by atoms with Crippen LogP contribution in [0.3, 0.4) is 0 Å². The molecule has 6 aliphatic rings. The molecule has 8 heteroatoms. The summed E-state index contributed by atoms with van der Waals surface area (Å²) in [5.41, 5.74) is -1.08. The summed E-state index contributed by atoms with van der Waals surface area (Å²) in [4.78, 5) is 20.3. The summed E-state index contributed by atoms with van der Waals surface area (Å²) in [7, 11) is 0. The first-order chi connectivity index (χ1) is 16.4. The number of hydrogen-bond acceptors (Lipinski definition) is 5. The van der Waals surface area contributed by atoms with Crippen molar-refractivity contribution in [3.63, 3.8) is 0 Å². The summed E-state index contributed by atoms with van der Waals surface area (Å²) in [6.07, 6.45) is 5.45. The molecule has 0 N–H and O–H groups in total. The number of amides is 1. The van der Waals surface area contributed by atoms with Crippen molar-refractivity contribution in [2.75, 3.05) is 18.1 Å². The third kappa shape index (κ3) is 3.95. The number of hydrogen-bond donors (Lipinski definition) is 0. The summed E-state index contributed by atoms with van der Waals surface area (Å²) in [5, 5.41) is 4.24. The van der Waals surface area contributed by atoms with Gasteiger partial charge in [-0.05, 0) is 68.6 Å². The molecule has 1 aromatic heterocycles. The summed E-state index contributed by atoms with van der Waals surface area (Å²) in [6, 6.07) is 7.86. The quantitative estimate of drug-likeness (QED) is 0.443. The van der Waals surface area contributed by atoms with Gasteiger partial charge in [-0.3, -0.25) is 4.79 Å². The van der Waals surface area contributed by atoms with Gasteiger partial charge in [-0.2, -0.15) is 4.98 Å². The Morgan fingerprint density at radius 2 is 1.89 bits per heavy atom. The second-order valence-electron chi connectivity index (χ2n) is 12.7. The highest BCUT2D eigenvalue weighted by Crippen LogP contribution is 2.71. The monoisotopic (exact) mass is 545 g/mol. The molecule has 4 aliphatic carbocycles. The molecule has 6 fully saturated rings. The molecule has 4 saturated carbocycles. The minimum absolute atomic E-state index is 0.0666. The molecule has 3 heterocycles. The van der Waals surface area contributed by atoms with Gasteiger partial charge in [0.2, 0.25) is 11.8 Å². The number of ether oxygens (including phenoxy) is 1. The van der Waals surface area contributed by atoms with Crippen molar-refractivity contribution in [3.8, 4) is 0 Å². The van der Waals surface area contributed by atoms with Crippen LogP contribution in [0, 0.1) is 5.41 Å². The zero-order chi connectivity index (χ0) is 24.7. The Balaban J connectivity index is 1.20. The smallest absolute Gasteiger partial charge is 0.235 e. The third-order valence-corrected chi connectivity index (χ3v) is 9.29. The number of halogens is 2. The Hall–Kier alpha value is -1.80. The van der Waals surface area contributed by atoms with Crippen molar-refractivity contribution in [1.29, 1.82) is 0 Å². The molecule has 0 unspecified atom stereocenters. The molecule has 2 aliphatic heterocycles. The molecule has 6 nitrogen and oxygen atoms in total. The van der Waals surface area contributed by atoms with Crippen LogP contribution in [-0.4, -0.2) is 40.5 Å². The van der Waals surface area contributed by atoms with Gasteiger partial charge in [0.1, 0.15) is 5.67 Å². The van der Waals surface area contributed by atoms with E-state index in [1.807, 2.05) is 29.2 Å². The number of anilines is 1. The summed E-state index contributed by atoms with van der Waals surface area (Å²) in [5.74, 6) is 1.47. The van der Waals surface area contributed by atoms with E-state index in [0.717, 1.165) is 41.7 Å². The van der Waals surface area contributed by atoms with Crippen molar-refractivity contribution in [2.24, 2.45) is 5.41 Å². The Kier molecular flexibility index (Phi) is 5.13. The van der Waals surface area contributed by atoms with Gasteiger partial charge in [-0.1, -0.05) is 47.9 Å². The molecule has 2 aromatic rings. The largest absolute Gasteiger partial charge is 0.372 e. The Morgan fingerprint density at radius 1 is 1.17 bits per heavy atom. The van der Waals surface area contributed by atoms with Crippen LogP contribution in [0.2, 0.25) is 0 Å². The molecule has 188 valence electrons. The molecule has 1 amide bonds. The predicted molar refractivity (Wildman–Crippen MR) is 133 cm³/mol.